The van der Waals surface area contributed by atoms with Crippen molar-refractivity contribution in [2.75, 3.05) is 0 Å². The molecule has 2 rings (SSSR count). The van der Waals surface area contributed by atoms with Crippen LogP contribution in [0.5, 0.6) is 0 Å². The third-order valence-corrected chi connectivity index (χ3v) is 1.45. The molecule has 0 unspecified atom stereocenters. The van der Waals surface area contributed by atoms with Crippen molar-refractivity contribution in [3.05, 3.63) is 67.4 Å². The number of H-pyrrole nitrogens is 1. The van der Waals surface area contributed by atoms with E-state index in [1.807, 2.05) is 36.6 Å². The van der Waals surface area contributed by atoms with E-state index in [4.69, 9.17) is 0 Å². The molecule has 0 saturated heterocycles. The van der Waals surface area contributed by atoms with Gasteiger partial charge in [-0.05, 0) is 0 Å². The van der Waals surface area contributed by atoms with Gasteiger partial charge in [-0.3, -0.25) is 0 Å². The van der Waals surface area contributed by atoms with E-state index in [-0.39, 0.29) is 51.0 Å². The van der Waals surface area contributed by atoms with Crippen LogP contribution in [0.4, 0.5) is 0 Å². The van der Waals surface area contributed by atoms with Crippen LogP contribution in [-0.4, -0.2) is 4.98 Å². The number of hydrogen-bond acceptors (Lipinski definition) is 0. The van der Waals surface area contributed by atoms with Crippen LogP contribution < -0.4 is 24.8 Å². The number of hydrogen-bond donors (Lipinski definition) is 1. The molecule has 4 heteroatoms. The molecule has 0 aliphatic heterocycles. The Bertz CT molecular complexity index is 285. The fraction of sp³-hybridized carbons (Fsp3) is 0. The van der Waals surface area contributed by atoms with Crippen molar-refractivity contribution in [3.8, 4) is 0 Å². The third kappa shape index (κ3) is 8.80. The second kappa shape index (κ2) is 11.9. The van der Waals surface area contributed by atoms with Crippen LogP contribution in [0, 0.1) is 13.1 Å². The van der Waals surface area contributed by atoms with Crippen LogP contribution in [-0.2, 0) is 26.2 Å². The monoisotopic (exact) mass is 317 g/mol. The van der Waals surface area contributed by atoms with Gasteiger partial charge in [0, 0.05) is 0 Å². The summed E-state index contributed by atoms with van der Waals surface area (Å²) >= 11 is 0. The third-order valence-electron chi connectivity index (χ3n) is 1.45. The molecule has 0 amide bonds. The van der Waals surface area contributed by atoms with E-state index in [0.717, 1.165) is 11.1 Å². The molecule has 0 atom stereocenters. The zero-order valence-corrected chi connectivity index (χ0v) is 12.1. The van der Waals surface area contributed by atoms with Crippen molar-refractivity contribution >= 4 is 0 Å². The molecule has 0 aromatic carbocycles. The largest absolute Gasteiger partial charge is 4.00 e. The van der Waals surface area contributed by atoms with Gasteiger partial charge in [0.05, 0.1) is 0 Å². The van der Waals surface area contributed by atoms with Gasteiger partial charge in [0.2, 0.25) is 0 Å². The average Bonchev–Trinajstić information content (AvgIpc) is 2.67. The van der Waals surface area contributed by atoms with Gasteiger partial charge < -0.3 is 29.8 Å². The molecule has 0 spiro atoms. The normalized spacial score (nSPS) is 10.9. The van der Waals surface area contributed by atoms with Crippen molar-refractivity contribution in [2.24, 2.45) is 0 Å². The van der Waals surface area contributed by atoms with Crippen LogP contribution >= 0.6 is 0 Å². The molecular formula is C11H11Cl2NZr. The van der Waals surface area contributed by atoms with Crippen molar-refractivity contribution in [1.82, 2.24) is 4.98 Å². The second-order valence-electron chi connectivity index (χ2n) is 2.39. The van der Waals surface area contributed by atoms with Gasteiger partial charge in [0.1, 0.15) is 0 Å². The Morgan fingerprint density at radius 2 is 2.00 bits per heavy atom. The second-order valence-corrected chi connectivity index (χ2v) is 2.39. The summed E-state index contributed by atoms with van der Waals surface area (Å²) in [7, 11) is 0. The maximum absolute atomic E-state index is 3.72. The molecule has 15 heavy (non-hydrogen) atoms. The van der Waals surface area contributed by atoms with Crippen LogP contribution in [0.25, 0.3) is 0 Å². The first-order valence-electron chi connectivity index (χ1n) is 3.70. The van der Waals surface area contributed by atoms with Crippen LogP contribution in [0.1, 0.15) is 0 Å². The number of aromatic nitrogens is 1. The molecule has 78 valence electrons. The SMILES string of the molecule is C=C1C=CC=C1[CH2-].[Cl-].[Cl-].[Zr+4].[c-]1ccc[nH]1. The average molecular weight is 319 g/mol. The van der Waals surface area contributed by atoms with Crippen LogP contribution in [0.15, 0.2) is 54.3 Å². The molecule has 0 radical (unpaired) electrons. The Hall–Kier alpha value is -0.167. The zero-order chi connectivity index (χ0) is 8.81. The topological polar surface area (TPSA) is 15.8 Å². The zero-order valence-electron chi connectivity index (χ0n) is 8.13. The van der Waals surface area contributed by atoms with Gasteiger partial charge in [-0.15, -0.1) is 30.5 Å². The van der Waals surface area contributed by atoms with E-state index < -0.39 is 0 Å². The van der Waals surface area contributed by atoms with E-state index in [2.05, 4.69) is 24.7 Å². The predicted molar refractivity (Wildman–Crippen MR) is 51.3 cm³/mol. The first-order valence-corrected chi connectivity index (χ1v) is 3.70. The van der Waals surface area contributed by atoms with E-state index in [0.29, 0.717) is 0 Å². The van der Waals surface area contributed by atoms with E-state index in [1.165, 1.54) is 0 Å². The number of halogens is 2. The smallest absolute Gasteiger partial charge is 1.00 e. The summed E-state index contributed by atoms with van der Waals surface area (Å²) in [6, 6.07) is 3.71. The molecular weight excluding hydrogens is 308 g/mol. The van der Waals surface area contributed by atoms with Gasteiger partial charge in [-0.1, -0.05) is 0 Å². The summed E-state index contributed by atoms with van der Waals surface area (Å²) in [5.41, 5.74) is 2.06. The van der Waals surface area contributed by atoms with E-state index in [1.54, 1.807) is 0 Å². The molecule has 1 nitrogen and oxygen atoms in total. The number of allylic oxidation sites excluding steroid dienone is 5. The van der Waals surface area contributed by atoms with Gasteiger partial charge in [-0.2, -0.15) is 36.9 Å². The minimum absolute atomic E-state index is 0. The molecule has 1 aliphatic rings. The summed E-state index contributed by atoms with van der Waals surface area (Å²) in [5.74, 6) is 0. The Morgan fingerprint density at radius 3 is 2.13 bits per heavy atom. The van der Waals surface area contributed by atoms with Crippen molar-refractivity contribution in [2.45, 2.75) is 0 Å². The van der Waals surface area contributed by atoms with Gasteiger partial charge >= 0.3 is 26.2 Å². The number of aromatic amines is 1. The summed E-state index contributed by atoms with van der Waals surface area (Å²) in [6.07, 6.45) is 10.4. The molecule has 1 aliphatic carbocycles. The fourth-order valence-electron chi connectivity index (χ4n) is 0.735. The van der Waals surface area contributed by atoms with Crippen molar-refractivity contribution < 1.29 is 51.0 Å². The Balaban J connectivity index is -0.000000165. The fourth-order valence-corrected chi connectivity index (χ4v) is 0.735. The molecule has 0 bridgehead atoms. The van der Waals surface area contributed by atoms with Gasteiger partial charge in [-0.25, -0.2) is 0 Å². The maximum atomic E-state index is 3.72. The van der Waals surface area contributed by atoms with Crippen LogP contribution in [0.3, 0.4) is 0 Å². The molecule has 0 saturated carbocycles. The molecule has 1 aromatic heterocycles. The minimum Gasteiger partial charge on any atom is -1.00 e. The van der Waals surface area contributed by atoms with Crippen molar-refractivity contribution in [3.63, 3.8) is 0 Å². The van der Waals surface area contributed by atoms with Crippen molar-refractivity contribution in [1.29, 1.82) is 0 Å². The summed E-state index contributed by atoms with van der Waals surface area (Å²) in [4.78, 5) is 2.74. The molecule has 1 aromatic rings. The first kappa shape index (κ1) is 20.3. The summed E-state index contributed by atoms with van der Waals surface area (Å²) in [6.45, 7) is 7.44. The number of rotatable bonds is 0. The molecule has 0 fully saturated rings. The molecule has 1 N–H and O–H groups in total. The van der Waals surface area contributed by atoms with Gasteiger partial charge in [0.15, 0.2) is 0 Å². The molecule has 1 heterocycles. The Kier molecular flexibility index (Phi) is 16.1. The van der Waals surface area contributed by atoms with E-state index >= 15 is 0 Å². The first-order chi connectivity index (χ1) is 5.80. The summed E-state index contributed by atoms with van der Waals surface area (Å²) in [5, 5.41) is 0. The Labute approximate surface area is 123 Å². The Morgan fingerprint density at radius 1 is 1.33 bits per heavy atom. The minimum atomic E-state index is 0. The van der Waals surface area contributed by atoms with Gasteiger partial charge in [0.25, 0.3) is 0 Å². The van der Waals surface area contributed by atoms with E-state index in [9.17, 15) is 0 Å². The maximum Gasteiger partial charge on any atom is 4.00 e. The van der Waals surface area contributed by atoms with Crippen LogP contribution in [0.2, 0.25) is 0 Å². The predicted octanol–water partition coefficient (Wildman–Crippen LogP) is -3.31. The quantitative estimate of drug-likeness (QED) is 0.482. The standard InChI is InChI=1S/C7H7.C4H4N.2ClH.Zr/c1-6-4-3-5-7(6)2;1-2-4-5-3-1;;;/h3-5H,1-2H2;1-3,5H;2*1H;/q2*-1;;;+4/p-2. The summed E-state index contributed by atoms with van der Waals surface area (Å²) < 4.78 is 0. The number of nitrogens with one attached hydrogen (secondary N) is 1.